The van der Waals surface area contributed by atoms with E-state index in [1.165, 1.54) is 5.56 Å². The van der Waals surface area contributed by atoms with Gasteiger partial charge in [0.1, 0.15) is 6.61 Å². The van der Waals surface area contributed by atoms with E-state index >= 15 is 0 Å². The fourth-order valence-corrected chi connectivity index (χ4v) is 3.45. The number of carbonyl (C=O) groups excluding carboxylic acids is 1. The highest BCUT2D eigenvalue weighted by atomic mass is 16.7. The van der Waals surface area contributed by atoms with Crippen LogP contribution in [0.1, 0.15) is 65.2 Å². The molecular formula is C27H36BNO4. The number of hydrogen-bond acceptors (Lipinski definition) is 4. The van der Waals surface area contributed by atoms with Crippen molar-refractivity contribution in [2.75, 3.05) is 6.54 Å². The Morgan fingerprint density at radius 3 is 2.24 bits per heavy atom. The fraction of sp³-hybridized carbons (Fsp3) is 0.444. The van der Waals surface area contributed by atoms with Crippen LogP contribution >= 0.6 is 0 Å². The molecule has 3 rings (SSSR count). The van der Waals surface area contributed by atoms with Gasteiger partial charge in [0.25, 0.3) is 0 Å². The zero-order chi connectivity index (χ0) is 24.3. The standard InChI is InChI=1S/C27H36BNO4/c1-25(2,3)22-15-11-14-21(16-22)17-23(28-32-26(4,5)27(6,7)33-28)18-29-24(30)31-19-20-12-9-8-10-13-20/h8-17H,18-19H2,1-7H3,(H,29,30). The van der Waals surface area contributed by atoms with Gasteiger partial charge in [-0.2, -0.15) is 0 Å². The van der Waals surface area contributed by atoms with Crippen LogP contribution in [0.15, 0.2) is 60.1 Å². The summed E-state index contributed by atoms with van der Waals surface area (Å²) in [7, 11) is -0.567. The van der Waals surface area contributed by atoms with Gasteiger partial charge < -0.3 is 19.4 Å². The maximum absolute atomic E-state index is 12.4. The molecule has 33 heavy (non-hydrogen) atoms. The molecule has 1 saturated heterocycles. The van der Waals surface area contributed by atoms with E-state index in [-0.39, 0.29) is 18.6 Å². The Morgan fingerprint density at radius 1 is 1.00 bits per heavy atom. The second kappa shape index (κ2) is 9.74. The largest absolute Gasteiger partial charge is 0.492 e. The van der Waals surface area contributed by atoms with Crippen LogP contribution < -0.4 is 5.32 Å². The van der Waals surface area contributed by atoms with E-state index in [4.69, 9.17) is 14.0 Å². The van der Waals surface area contributed by atoms with Crippen molar-refractivity contribution in [3.05, 3.63) is 76.8 Å². The van der Waals surface area contributed by atoms with Gasteiger partial charge in [-0.05, 0) is 55.3 Å². The molecule has 1 amide bonds. The predicted octanol–water partition coefficient (Wildman–Crippen LogP) is 5.93. The fourth-order valence-electron chi connectivity index (χ4n) is 3.45. The molecule has 0 aromatic heterocycles. The molecule has 176 valence electrons. The van der Waals surface area contributed by atoms with E-state index in [1.54, 1.807) is 0 Å². The number of amides is 1. The summed E-state index contributed by atoms with van der Waals surface area (Å²) in [5, 5.41) is 2.86. The third-order valence-corrected chi connectivity index (χ3v) is 6.31. The predicted molar refractivity (Wildman–Crippen MR) is 134 cm³/mol. The van der Waals surface area contributed by atoms with Gasteiger partial charge in [0.2, 0.25) is 0 Å². The SMILES string of the molecule is CC(C)(C)c1cccc(C=C(CNC(=O)OCc2ccccc2)B2OC(C)(C)C(C)(C)O2)c1. The van der Waals surface area contributed by atoms with Crippen molar-refractivity contribution in [1.29, 1.82) is 0 Å². The minimum atomic E-state index is -0.567. The van der Waals surface area contributed by atoms with Crippen molar-refractivity contribution in [2.45, 2.75) is 71.7 Å². The van der Waals surface area contributed by atoms with Gasteiger partial charge in [0.05, 0.1) is 11.2 Å². The monoisotopic (exact) mass is 449 g/mol. The summed E-state index contributed by atoms with van der Waals surface area (Å²) in [5.41, 5.74) is 3.12. The summed E-state index contributed by atoms with van der Waals surface area (Å²) in [6.07, 6.45) is 1.55. The molecule has 2 aromatic rings. The van der Waals surface area contributed by atoms with E-state index < -0.39 is 24.4 Å². The lowest BCUT2D eigenvalue weighted by atomic mass is 9.76. The van der Waals surface area contributed by atoms with Crippen LogP contribution in [0.2, 0.25) is 0 Å². The number of carbonyl (C=O) groups is 1. The summed E-state index contributed by atoms with van der Waals surface area (Å²) in [6.45, 7) is 15.1. The van der Waals surface area contributed by atoms with Gasteiger partial charge in [0, 0.05) is 6.54 Å². The molecule has 5 nitrogen and oxygen atoms in total. The van der Waals surface area contributed by atoms with E-state index in [2.05, 4.69) is 44.3 Å². The first-order valence-electron chi connectivity index (χ1n) is 11.5. The molecule has 0 bridgehead atoms. The zero-order valence-electron chi connectivity index (χ0n) is 20.9. The van der Waals surface area contributed by atoms with Gasteiger partial charge >= 0.3 is 13.2 Å². The van der Waals surface area contributed by atoms with Crippen LogP contribution in [0.25, 0.3) is 6.08 Å². The molecule has 0 saturated carbocycles. The maximum atomic E-state index is 12.4. The molecule has 1 aliphatic rings. The highest BCUT2D eigenvalue weighted by Gasteiger charge is 2.52. The molecule has 1 heterocycles. The first-order valence-corrected chi connectivity index (χ1v) is 11.5. The molecular weight excluding hydrogens is 413 g/mol. The van der Waals surface area contributed by atoms with Crippen LogP contribution in [0.4, 0.5) is 4.79 Å². The lowest BCUT2D eigenvalue weighted by Crippen LogP contribution is -2.41. The molecule has 0 atom stereocenters. The first-order chi connectivity index (χ1) is 15.4. The molecule has 1 N–H and O–H groups in total. The number of nitrogens with one attached hydrogen (secondary N) is 1. The topological polar surface area (TPSA) is 56.8 Å². The number of rotatable bonds is 6. The third-order valence-electron chi connectivity index (χ3n) is 6.31. The van der Waals surface area contributed by atoms with Crippen molar-refractivity contribution in [2.24, 2.45) is 0 Å². The molecule has 0 spiro atoms. The maximum Gasteiger partial charge on any atom is 0.492 e. The third kappa shape index (κ3) is 6.49. The second-order valence-corrected chi connectivity index (χ2v) is 10.6. The van der Waals surface area contributed by atoms with Gasteiger partial charge in [-0.3, -0.25) is 0 Å². The van der Waals surface area contributed by atoms with Crippen molar-refractivity contribution in [1.82, 2.24) is 5.32 Å². The normalized spacial score (nSPS) is 17.7. The van der Waals surface area contributed by atoms with Gasteiger partial charge in [-0.1, -0.05) is 81.4 Å². The minimum Gasteiger partial charge on any atom is -0.445 e. The van der Waals surface area contributed by atoms with Crippen molar-refractivity contribution in [3.63, 3.8) is 0 Å². The lowest BCUT2D eigenvalue weighted by Gasteiger charge is -2.32. The van der Waals surface area contributed by atoms with Crippen LogP contribution in [0, 0.1) is 0 Å². The van der Waals surface area contributed by atoms with Crippen molar-refractivity contribution < 1.29 is 18.8 Å². The Bertz CT molecular complexity index is 977. The first kappa shape index (κ1) is 25.1. The lowest BCUT2D eigenvalue weighted by molar-refractivity contribution is 0.00578. The Hall–Kier alpha value is -2.57. The molecule has 1 fully saturated rings. The zero-order valence-corrected chi connectivity index (χ0v) is 20.9. The average molecular weight is 449 g/mol. The Kier molecular flexibility index (Phi) is 7.40. The van der Waals surface area contributed by atoms with Crippen LogP contribution in [0.5, 0.6) is 0 Å². The quantitative estimate of drug-likeness (QED) is 0.556. The molecule has 0 radical (unpaired) electrons. The Balaban J connectivity index is 1.78. The van der Waals surface area contributed by atoms with E-state index in [0.29, 0.717) is 0 Å². The van der Waals surface area contributed by atoms with Gasteiger partial charge in [-0.15, -0.1) is 0 Å². The second-order valence-electron chi connectivity index (χ2n) is 10.6. The smallest absolute Gasteiger partial charge is 0.445 e. The number of hydrogen-bond donors (Lipinski definition) is 1. The molecule has 0 unspecified atom stereocenters. The highest BCUT2D eigenvalue weighted by molar-refractivity contribution is 6.56. The summed E-state index contributed by atoms with van der Waals surface area (Å²) >= 11 is 0. The van der Waals surface area contributed by atoms with E-state index in [0.717, 1.165) is 16.6 Å². The van der Waals surface area contributed by atoms with Gasteiger partial charge in [-0.25, -0.2) is 4.79 Å². The average Bonchev–Trinajstić information content (AvgIpc) is 2.96. The molecule has 2 aromatic carbocycles. The van der Waals surface area contributed by atoms with Crippen molar-refractivity contribution in [3.8, 4) is 0 Å². The number of benzene rings is 2. The summed E-state index contributed by atoms with van der Waals surface area (Å²) in [6, 6.07) is 18.0. The Labute approximate surface area is 198 Å². The molecule has 0 aliphatic carbocycles. The summed E-state index contributed by atoms with van der Waals surface area (Å²) in [5.74, 6) is 0. The molecule has 6 heteroatoms. The van der Waals surface area contributed by atoms with Crippen LogP contribution in [-0.2, 0) is 26.1 Å². The number of alkyl carbamates (subject to hydrolysis) is 1. The molecule has 1 aliphatic heterocycles. The number of ether oxygens (including phenoxy) is 1. The van der Waals surface area contributed by atoms with Crippen molar-refractivity contribution >= 4 is 19.3 Å². The summed E-state index contributed by atoms with van der Waals surface area (Å²) < 4.78 is 17.9. The Morgan fingerprint density at radius 2 is 1.64 bits per heavy atom. The van der Waals surface area contributed by atoms with Crippen LogP contribution in [0.3, 0.4) is 0 Å². The van der Waals surface area contributed by atoms with Gasteiger partial charge in [0.15, 0.2) is 0 Å². The van der Waals surface area contributed by atoms with E-state index in [9.17, 15) is 4.79 Å². The van der Waals surface area contributed by atoms with Crippen LogP contribution in [-0.4, -0.2) is 31.0 Å². The summed E-state index contributed by atoms with van der Waals surface area (Å²) in [4.78, 5) is 12.4. The highest BCUT2D eigenvalue weighted by Crippen LogP contribution is 2.38. The van der Waals surface area contributed by atoms with E-state index in [1.807, 2.05) is 70.2 Å². The minimum absolute atomic E-state index is 0.0356.